The number of hydrogen-bond acceptors (Lipinski definition) is 5. The Hall–Kier alpha value is -1.70. The predicted molar refractivity (Wildman–Crippen MR) is 104 cm³/mol. The lowest BCUT2D eigenvalue weighted by Gasteiger charge is -2.26. The second kappa shape index (κ2) is 9.20. The number of aliphatic carboxylic acids is 1. The van der Waals surface area contributed by atoms with Crippen molar-refractivity contribution in [2.24, 2.45) is 11.8 Å². The molecule has 6 nitrogen and oxygen atoms in total. The minimum absolute atomic E-state index is 0.0580. The molecule has 2 aliphatic rings. The first-order chi connectivity index (χ1) is 13.4. The molecule has 1 aromatic carbocycles. The summed E-state index contributed by atoms with van der Waals surface area (Å²) in [6.07, 6.45) is 8.58. The third-order valence-electron chi connectivity index (χ3n) is 5.65. The predicted octanol–water partition coefficient (Wildman–Crippen LogP) is 3.70. The number of carboxylic acids is 1. The summed E-state index contributed by atoms with van der Waals surface area (Å²) in [5.41, 5.74) is 0.996. The molecule has 2 fully saturated rings. The van der Waals surface area contributed by atoms with Crippen LogP contribution in [0, 0.1) is 18.8 Å². The van der Waals surface area contributed by atoms with Crippen LogP contribution in [-0.4, -0.2) is 38.3 Å². The number of hydrogen-bond donors (Lipinski definition) is 1. The van der Waals surface area contributed by atoms with Crippen molar-refractivity contribution in [2.75, 3.05) is 6.61 Å². The summed E-state index contributed by atoms with van der Waals surface area (Å²) in [5.74, 6) is -0.479. The maximum absolute atomic E-state index is 12.5. The van der Waals surface area contributed by atoms with E-state index < -0.39 is 16.1 Å². The van der Waals surface area contributed by atoms with E-state index in [9.17, 15) is 13.2 Å². The van der Waals surface area contributed by atoms with Crippen molar-refractivity contribution in [3.8, 4) is 0 Å². The molecule has 0 aromatic heterocycles. The lowest BCUT2D eigenvalue weighted by atomic mass is 9.78. The van der Waals surface area contributed by atoms with Gasteiger partial charge in [-0.1, -0.05) is 29.8 Å². The topological polar surface area (TPSA) is 89.9 Å². The second-order valence-electron chi connectivity index (χ2n) is 7.66. The van der Waals surface area contributed by atoms with E-state index in [1.807, 2.05) is 13.0 Å². The molecule has 28 heavy (non-hydrogen) atoms. The third kappa shape index (κ3) is 5.21. The van der Waals surface area contributed by atoms with Gasteiger partial charge in [0.25, 0.3) is 10.1 Å². The average molecular weight is 409 g/mol. The van der Waals surface area contributed by atoms with Crippen molar-refractivity contribution in [2.45, 2.75) is 62.6 Å². The van der Waals surface area contributed by atoms with E-state index in [0.29, 0.717) is 6.42 Å². The van der Waals surface area contributed by atoms with Crippen molar-refractivity contribution < 1.29 is 27.2 Å². The fourth-order valence-corrected chi connectivity index (χ4v) is 5.05. The SMILES string of the molecule is Cc1ccc(S(=O)(=O)OC[C@@H]2[C@@H](C/C=C\CCCC(=O)O)[C@H]3CC[C@@H]2O3)cc1. The van der Waals surface area contributed by atoms with Gasteiger partial charge in [-0.05, 0) is 57.1 Å². The lowest BCUT2D eigenvalue weighted by Crippen LogP contribution is -2.31. The zero-order valence-electron chi connectivity index (χ0n) is 16.1. The van der Waals surface area contributed by atoms with E-state index in [2.05, 4.69) is 6.08 Å². The number of unbranched alkanes of at least 4 members (excludes halogenated alkanes) is 1. The van der Waals surface area contributed by atoms with Gasteiger partial charge >= 0.3 is 5.97 Å². The number of carbonyl (C=O) groups is 1. The highest BCUT2D eigenvalue weighted by Gasteiger charge is 2.48. The molecule has 0 radical (unpaired) electrons. The summed E-state index contributed by atoms with van der Waals surface area (Å²) >= 11 is 0. The number of benzene rings is 1. The molecule has 0 amide bonds. The van der Waals surface area contributed by atoms with E-state index in [4.69, 9.17) is 14.0 Å². The Bertz CT molecular complexity index is 799. The van der Waals surface area contributed by atoms with Crippen molar-refractivity contribution in [1.29, 1.82) is 0 Å². The molecular weight excluding hydrogens is 380 g/mol. The number of aryl methyl sites for hydroxylation is 1. The second-order valence-corrected chi connectivity index (χ2v) is 9.28. The van der Waals surface area contributed by atoms with Crippen LogP contribution in [0.5, 0.6) is 0 Å². The zero-order chi connectivity index (χ0) is 20.1. The van der Waals surface area contributed by atoms with E-state index in [1.54, 1.807) is 24.3 Å². The monoisotopic (exact) mass is 408 g/mol. The quantitative estimate of drug-likeness (QED) is 0.361. The van der Waals surface area contributed by atoms with Gasteiger partial charge in [0.1, 0.15) is 0 Å². The Balaban J connectivity index is 1.55. The van der Waals surface area contributed by atoms with Gasteiger partial charge in [-0.2, -0.15) is 8.42 Å². The Morgan fingerprint density at radius 2 is 1.86 bits per heavy atom. The molecule has 0 spiro atoms. The summed E-state index contributed by atoms with van der Waals surface area (Å²) in [6.45, 7) is 2.04. The molecule has 0 unspecified atom stereocenters. The van der Waals surface area contributed by atoms with E-state index in [0.717, 1.165) is 31.2 Å². The van der Waals surface area contributed by atoms with Crippen LogP contribution in [0.2, 0.25) is 0 Å². The van der Waals surface area contributed by atoms with Gasteiger partial charge in [0.15, 0.2) is 0 Å². The van der Waals surface area contributed by atoms with Crippen LogP contribution >= 0.6 is 0 Å². The normalized spacial score (nSPS) is 26.9. The molecule has 2 bridgehead atoms. The summed E-state index contributed by atoms with van der Waals surface area (Å²) in [7, 11) is -3.77. The summed E-state index contributed by atoms with van der Waals surface area (Å²) in [5, 5.41) is 8.67. The highest BCUT2D eigenvalue weighted by Crippen LogP contribution is 2.45. The molecular formula is C21H28O6S. The van der Waals surface area contributed by atoms with Gasteiger partial charge in [-0.15, -0.1) is 0 Å². The molecule has 1 aromatic rings. The molecule has 0 aliphatic carbocycles. The number of ether oxygens (including phenoxy) is 1. The van der Waals surface area contributed by atoms with Crippen LogP contribution < -0.4 is 0 Å². The smallest absolute Gasteiger partial charge is 0.303 e. The lowest BCUT2D eigenvalue weighted by molar-refractivity contribution is -0.137. The van der Waals surface area contributed by atoms with Crippen molar-refractivity contribution >= 4 is 16.1 Å². The molecule has 1 N–H and O–H groups in total. The third-order valence-corrected chi connectivity index (χ3v) is 6.95. The Morgan fingerprint density at radius 1 is 1.18 bits per heavy atom. The van der Waals surface area contributed by atoms with Crippen molar-refractivity contribution in [3.63, 3.8) is 0 Å². The van der Waals surface area contributed by atoms with Gasteiger partial charge in [0.2, 0.25) is 0 Å². The first-order valence-corrected chi connectivity index (χ1v) is 11.3. The van der Waals surface area contributed by atoms with Crippen LogP contribution in [0.3, 0.4) is 0 Å². The molecule has 154 valence electrons. The van der Waals surface area contributed by atoms with Crippen LogP contribution in [-0.2, 0) is 23.8 Å². The summed E-state index contributed by atoms with van der Waals surface area (Å²) < 4.78 is 36.4. The largest absolute Gasteiger partial charge is 0.481 e. The Labute approximate surface area is 166 Å². The number of carboxylic acid groups (broad SMARTS) is 1. The highest BCUT2D eigenvalue weighted by molar-refractivity contribution is 7.86. The van der Waals surface area contributed by atoms with Crippen molar-refractivity contribution in [3.05, 3.63) is 42.0 Å². The first kappa shape index (κ1) is 21.0. The number of rotatable bonds is 10. The van der Waals surface area contributed by atoms with Crippen LogP contribution in [0.15, 0.2) is 41.3 Å². The van der Waals surface area contributed by atoms with Gasteiger partial charge in [0.05, 0.1) is 23.7 Å². The van der Waals surface area contributed by atoms with Gasteiger partial charge in [-0.3, -0.25) is 8.98 Å². The van der Waals surface area contributed by atoms with E-state index in [-0.39, 0.29) is 42.0 Å². The van der Waals surface area contributed by atoms with Crippen molar-refractivity contribution in [1.82, 2.24) is 0 Å². The summed E-state index contributed by atoms with van der Waals surface area (Å²) in [4.78, 5) is 10.7. The molecule has 0 saturated carbocycles. The maximum Gasteiger partial charge on any atom is 0.303 e. The molecule has 2 aliphatic heterocycles. The molecule has 2 saturated heterocycles. The zero-order valence-corrected chi connectivity index (χ0v) is 16.9. The summed E-state index contributed by atoms with van der Waals surface area (Å²) in [6, 6.07) is 6.66. The first-order valence-electron chi connectivity index (χ1n) is 9.85. The maximum atomic E-state index is 12.5. The fourth-order valence-electron chi connectivity index (χ4n) is 4.11. The fraction of sp³-hybridized carbons (Fsp3) is 0.571. The molecule has 2 heterocycles. The Morgan fingerprint density at radius 3 is 2.54 bits per heavy atom. The van der Waals surface area contributed by atoms with Gasteiger partial charge in [0, 0.05) is 12.3 Å². The van der Waals surface area contributed by atoms with Crippen LogP contribution in [0.4, 0.5) is 0 Å². The van der Waals surface area contributed by atoms with Crippen LogP contribution in [0.1, 0.15) is 44.1 Å². The average Bonchev–Trinajstić information content (AvgIpc) is 3.24. The van der Waals surface area contributed by atoms with Gasteiger partial charge < -0.3 is 9.84 Å². The standard InChI is InChI=1S/C21H28O6S/c1-15-8-10-16(11-9-15)28(24,25)26-14-18-17(19-12-13-20(18)27-19)6-4-2-3-5-7-21(22)23/h2,4,8-11,17-20H,3,5-7,12-14H2,1H3,(H,22,23)/b4-2-/t17-,18-,19-,20+/m1/s1. The number of allylic oxidation sites excluding steroid dienone is 2. The molecule has 4 atom stereocenters. The van der Waals surface area contributed by atoms with E-state index >= 15 is 0 Å². The van der Waals surface area contributed by atoms with Crippen LogP contribution in [0.25, 0.3) is 0 Å². The number of fused-ring (bicyclic) bond motifs is 2. The minimum Gasteiger partial charge on any atom is -0.481 e. The molecule has 3 rings (SSSR count). The Kier molecular flexibility index (Phi) is 6.91. The van der Waals surface area contributed by atoms with Gasteiger partial charge in [-0.25, -0.2) is 0 Å². The van der Waals surface area contributed by atoms with E-state index in [1.165, 1.54) is 0 Å². The minimum atomic E-state index is -3.77. The molecule has 7 heteroatoms. The highest BCUT2D eigenvalue weighted by atomic mass is 32.2.